The molecule has 0 aliphatic carbocycles. The zero-order chi connectivity index (χ0) is 21.4. The molecule has 1 saturated heterocycles. The number of carbonyl (C=O) groups is 1. The van der Waals surface area contributed by atoms with Gasteiger partial charge < -0.3 is 20.9 Å². The number of ketones is 1. The molecule has 3 N–H and O–H groups in total. The maximum absolute atomic E-state index is 13.0. The predicted molar refractivity (Wildman–Crippen MR) is 124 cm³/mol. The number of carbonyl (C=O) groups excluding carboxylic acids is 1. The van der Waals surface area contributed by atoms with Crippen molar-refractivity contribution in [2.75, 3.05) is 41.7 Å². The van der Waals surface area contributed by atoms with Gasteiger partial charge in [0.15, 0.2) is 5.78 Å². The molecule has 4 heterocycles. The van der Waals surface area contributed by atoms with Crippen molar-refractivity contribution in [2.45, 2.75) is 24.6 Å². The summed E-state index contributed by atoms with van der Waals surface area (Å²) in [5.41, 5.74) is 9.83. The number of nitrogens with two attached hydrogens (primary N) is 1. The molecule has 0 amide bonds. The maximum Gasteiger partial charge on any atom is 0.190 e. The van der Waals surface area contributed by atoms with Crippen LogP contribution < -0.4 is 20.9 Å². The molecule has 1 unspecified atom stereocenters. The van der Waals surface area contributed by atoms with Gasteiger partial charge in [-0.1, -0.05) is 17.8 Å². The topological polar surface area (TPSA) is 98.3 Å². The quantitative estimate of drug-likeness (QED) is 0.714. The standard InChI is InChI=1S/C23H24N6OS/c24-12-15-3-5-17(11-18(15)25)29-10-7-19-22(20(30)14-29)31-23(27-19)16-4-6-21(26-13-16)28-8-1-2-9-28/h3-6,11,13,23,27H,1-2,7-10,14,25H2. The number of hydrogen-bond donors (Lipinski definition) is 2. The molecule has 5 rings (SSSR count). The number of rotatable bonds is 3. The molecule has 3 aliphatic heterocycles. The minimum Gasteiger partial charge on any atom is -0.398 e. The van der Waals surface area contributed by atoms with E-state index in [0.29, 0.717) is 24.3 Å². The molecule has 1 fully saturated rings. The summed E-state index contributed by atoms with van der Waals surface area (Å²) in [6, 6.07) is 11.6. The van der Waals surface area contributed by atoms with E-state index in [-0.39, 0.29) is 11.2 Å². The number of nitrogens with one attached hydrogen (secondary N) is 1. The fourth-order valence-corrected chi connectivity index (χ4v) is 5.55. The molecule has 3 aliphatic rings. The summed E-state index contributed by atoms with van der Waals surface area (Å²) < 4.78 is 0. The second kappa shape index (κ2) is 8.16. The molecule has 8 heteroatoms. The summed E-state index contributed by atoms with van der Waals surface area (Å²) in [7, 11) is 0. The third kappa shape index (κ3) is 3.81. The molecule has 1 atom stereocenters. The number of hydrogen-bond acceptors (Lipinski definition) is 8. The molecular formula is C23H24N6OS. The Balaban J connectivity index is 1.27. The molecule has 0 bridgehead atoms. The van der Waals surface area contributed by atoms with Crippen LogP contribution in [0.5, 0.6) is 0 Å². The van der Waals surface area contributed by atoms with E-state index in [9.17, 15) is 4.79 Å². The van der Waals surface area contributed by atoms with Gasteiger partial charge in [0.2, 0.25) is 0 Å². The Morgan fingerprint density at radius 3 is 2.71 bits per heavy atom. The minimum absolute atomic E-state index is 0.0196. The van der Waals surface area contributed by atoms with Gasteiger partial charge in [0.1, 0.15) is 17.3 Å². The van der Waals surface area contributed by atoms with Gasteiger partial charge in [-0.05, 0) is 37.1 Å². The van der Waals surface area contributed by atoms with Gasteiger partial charge in [0, 0.05) is 49.2 Å². The highest BCUT2D eigenvalue weighted by atomic mass is 32.2. The van der Waals surface area contributed by atoms with Crippen molar-refractivity contribution < 1.29 is 4.79 Å². The first-order valence-electron chi connectivity index (χ1n) is 10.6. The third-order valence-electron chi connectivity index (χ3n) is 6.06. The fraction of sp³-hybridized carbons (Fsp3) is 0.348. The normalized spacial score (nSPS) is 21.0. The van der Waals surface area contributed by atoms with Gasteiger partial charge in [-0.15, -0.1) is 0 Å². The van der Waals surface area contributed by atoms with E-state index in [1.807, 2.05) is 17.2 Å². The van der Waals surface area contributed by atoms with Crippen molar-refractivity contribution in [1.29, 1.82) is 5.26 Å². The van der Waals surface area contributed by atoms with Crippen molar-refractivity contribution >= 4 is 34.7 Å². The highest BCUT2D eigenvalue weighted by Gasteiger charge is 2.33. The Labute approximate surface area is 185 Å². The van der Waals surface area contributed by atoms with Crippen molar-refractivity contribution in [2.24, 2.45) is 0 Å². The second-order valence-electron chi connectivity index (χ2n) is 8.07. The Hall–Kier alpha value is -3.18. The molecular weight excluding hydrogens is 408 g/mol. The van der Waals surface area contributed by atoms with Gasteiger partial charge in [0.05, 0.1) is 22.7 Å². The molecule has 2 aromatic rings. The Morgan fingerprint density at radius 2 is 2.00 bits per heavy atom. The molecule has 0 saturated carbocycles. The van der Waals surface area contributed by atoms with Crippen LogP contribution in [-0.4, -0.2) is 36.9 Å². The van der Waals surface area contributed by atoms with Crippen LogP contribution in [0.2, 0.25) is 0 Å². The molecule has 7 nitrogen and oxygen atoms in total. The van der Waals surface area contributed by atoms with Crippen molar-refractivity contribution in [3.63, 3.8) is 0 Å². The molecule has 31 heavy (non-hydrogen) atoms. The molecule has 1 aromatic carbocycles. The summed E-state index contributed by atoms with van der Waals surface area (Å²) >= 11 is 1.58. The summed E-state index contributed by atoms with van der Waals surface area (Å²) in [4.78, 5) is 22.9. The van der Waals surface area contributed by atoms with E-state index in [1.54, 1.807) is 23.9 Å². The van der Waals surface area contributed by atoms with E-state index in [0.717, 1.165) is 47.2 Å². The van der Waals surface area contributed by atoms with E-state index in [4.69, 9.17) is 11.0 Å². The molecule has 158 valence electrons. The number of Topliss-reactive ketones (excluding diaryl/α,β-unsaturated/α-hetero) is 1. The van der Waals surface area contributed by atoms with Crippen LogP contribution in [0.4, 0.5) is 17.2 Å². The van der Waals surface area contributed by atoms with Crippen LogP contribution >= 0.6 is 11.8 Å². The Morgan fingerprint density at radius 1 is 1.16 bits per heavy atom. The van der Waals surface area contributed by atoms with Crippen LogP contribution in [0, 0.1) is 11.3 Å². The van der Waals surface area contributed by atoms with Crippen molar-refractivity contribution in [3.8, 4) is 6.07 Å². The number of thioether (sulfide) groups is 1. The number of nitrogen functional groups attached to an aromatic ring is 1. The second-order valence-corrected chi connectivity index (χ2v) is 9.19. The number of nitrogens with zero attached hydrogens (tertiary/aromatic N) is 4. The Bertz CT molecular complexity index is 1080. The number of nitriles is 1. The van der Waals surface area contributed by atoms with E-state index >= 15 is 0 Å². The van der Waals surface area contributed by atoms with Crippen LogP contribution in [0.3, 0.4) is 0 Å². The third-order valence-corrected chi connectivity index (χ3v) is 7.39. The van der Waals surface area contributed by atoms with Gasteiger partial charge in [-0.2, -0.15) is 5.26 Å². The average Bonchev–Trinajstić information content (AvgIpc) is 3.44. The van der Waals surface area contributed by atoms with Crippen molar-refractivity contribution in [1.82, 2.24) is 10.3 Å². The SMILES string of the molecule is N#Cc1ccc(N2CCC3=C(SC(c4ccc(N5CCCC5)nc4)N3)C(=O)C2)cc1N. The van der Waals surface area contributed by atoms with Crippen LogP contribution in [0.1, 0.15) is 35.8 Å². The van der Waals surface area contributed by atoms with E-state index in [2.05, 4.69) is 33.4 Å². The summed E-state index contributed by atoms with van der Waals surface area (Å²) in [6.07, 6.45) is 5.15. The Kier molecular flexibility index (Phi) is 5.20. The zero-order valence-electron chi connectivity index (χ0n) is 17.2. The monoisotopic (exact) mass is 432 g/mol. The minimum atomic E-state index is 0.0196. The summed E-state index contributed by atoms with van der Waals surface area (Å²) in [5.74, 6) is 1.14. The zero-order valence-corrected chi connectivity index (χ0v) is 18.0. The maximum atomic E-state index is 13.0. The lowest BCUT2D eigenvalue weighted by molar-refractivity contribution is -0.113. The first-order valence-corrected chi connectivity index (χ1v) is 11.5. The highest BCUT2D eigenvalue weighted by Crippen LogP contribution is 2.43. The molecule has 0 radical (unpaired) electrons. The number of anilines is 3. The summed E-state index contributed by atoms with van der Waals surface area (Å²) in [5, 5.41) is 12.6. The number of pyridine rings is 1. The summed E-state index contributed by atoms with van der Waals surface area (Å²) in [6.45, 7) is 3.17. The van der Waals surface area contributed by atoms with Crippen molar-refractivity contribution in [3.05, 3.63) is 58.3 Å². The largest absolute Gasteiger partial charge is 0.398 e. The molecule has 0 spiro atoms. The highest BCUT2D eigenvalue weighted by molar-refractivity contribution is 8.04. The van der Waals surface area contributed by atoms with Crippen LogP contribution in [0.25, 0.3) is 0 Å². The smallest absolute Gasteiger partial charge is 0.190 e. The number of aromatic nitrogens is 1. The van der Waals surface area contributed by atoms with Gasteiger partial charge in [-0.3, -0.25) is 4.79 Å². The fourth-order valence-electron chi connectivity index (χ4n) is 4.34. The van der Waals surface area contributed by atoms with Crippen LogP contribution in [-0.2, 0) is 4.79 Å². The molecule has 1 aromatic heterocycles. The lowest BCUT2D eigenvalue weighted by Gasteiger charge is -2.24. The number of benzene rings is 1. The van der Waals surface area contributed by atoms with E-state index < -0.39 is 0 Å². The van der Waals surface area contributed by atoms with Crippen LogP contribution in [0.15, 0.2) is 47.1 Å². The average molecular weight is 433 g/mol. The van der Waals surface area contributed by atoms with E-state index in [1.165, 1.54) is 12.8 Å². The first kappa shape index (κ1) is 19.8. The van der Waals surface area contributed by atoms with Gasteiger partial charge >= 0.3 is 0 Å². The predicted octanol–water partition coefficient (Wildman–Crippen LogP) is 3.16. The lowest BCUT2D eigenvalue weighted by Crippen LogP contribution is -2.30. The van der Waals surface area contributed by atoms with Gasteiger partial charge in [0.25, 0.3) is 0 Å². The lowest BCUT2D eigenvalue weighted by atomic mass is 10.1. The first-order chi connectivity index (χ1) is 15.1. The van der Waals surface area contributed by atoms with Gasteiger partial charge in [-0.25, -0.2) is 4.98 Å².